The minimum Gasteiger partial charge on any atom is -0.481 e. The quantitative estimate of drug-likeness (QED) is 0.929. The third-order valence-electron chi connectivity index (χ3n) is 4.60. The van der Waals surface area contributed by atoms with E-state index in [-0.39, 0.29) is 24.3 Å². The van der Waals surface area contributed by atoms with Crippen molar-refractivity contribution in [2.45, 2.75) is 24.9 Å². The van der Waals surface area contributed by atoms with Gasteiger partial charge in [0.25, 0.3) is 0 Å². The van der Waals surface area contributed by atoms with Crippen LogP contribution in [0.25, 0.3) is 0 Å². The molecule has 3 atom stereocenters. The number of rotatable bonds is 3. The molecule has 1 N–H and O–H groups in total. The Bertz CT molecular complexity index is 644. The molecule has 1 aliphatic heterocycles. The number of alkyl halides is 3. The van der Waals surface area contributed by atoms with Crippen LogP contribution in [0.15, 0.2) is 24.3 Å². The van der Waals surface area contributed by atoms with E-state index in [1.807, 2.05) is 0 Å². The topological polar surface area (TPSA) is 57.6 Å². The molecule has 1 aliphatic carbocycles. The molecular formula is C16H16F3NO3. The molecule has 1 amide bonds. The van der Waals surface area contributed by atoms with Crippen LogP contribution in [0.1, 0.15) is 29.9 Å². The largest absolute Gasteiger partial charge is 0.481 e. The summed E-state index contributed by atoms with van der Waals surface area (Å²) in [5.74, 6) is -2.12. The average Bonchev–Trinajstić information content (AvgIpc) is 3.13. The van der Waals surface area contributed by atoms with Crippen LogP contribution in [0, 0.1) is 11.8 Å². The first-order chi connectivity index (χ1) is 10.8. The van der Waals surface area contributed by atoms with Crippen LogP contribution in [-0.4, -0.2) is 35.0 Å². The number of carbonyl (C=O) groups excluding carboxylic acids is 1. The zero-order valence-electron chi connectivity index (χ0n) is 12.2. The number of carboxylic acid groups (broad SMARTS) is 1. The minimum atomic E-state index is -4.39. The van der Waals surface area contributed by atoms with E-state index in [4.69, 9.17) is 5.11 Å². The van der Waals surface area contributed by atoms with Crippen molar-refractivity contribution in [3.05, 3.63) is 35.4 Å². The summed E-state index contributed by atoms with van der Waals surface area (Å²) < 4.78 is 38.2. The molecule has 0 radical (unpaired) electrons. The third-order valence-corrected chi connectivity index (χ3v) is 4.60. The molecule has 2 fully saturated rings. The lowest BCUT2D eigenvalue weighted by molar-refractivity contribution is -0.141. The smallest absolute Gasteiger partial charge is 0.416 e. The fraction of sp³-hybridized carbons (Fsp3) is 0.500. The number of likely N-dealkylation sites (tertiary alicyclic amines) is 1. The van der Waals surface area contributed by atoms with Crippen molar-refractivity contribution in [2.75, 3.05) is 13.1 Å². The van der Waals surface area contributed by atoms with Gasteiger partial charge in [0.1, 0.15) is 0 Å². The molecule has 1 aromatic rings. The molecule has 0 unspecified atom stereocenters. The Morgan fingerprint density at radius 1 is 1.26 bits per heavy atom. The van der Waals surface area contributed by atoms with Crippen LogP contribution >= 0.6 is 0 Å². The van der Waals surface area contributed by atoms with E-state index in [0.717, 1.165) is 12.1 Å². The summed E-state index contributed by atoms with van der Waals surface area (Å²) >= 11 is 0. The lowest BCUT2D eigenvalue weighted by atomic mass is 10.1. The SMILES string of the molecule is O=C(O)[C@@H]1CCN(C(=O)[C@@H]2C[C@H]2c2cccc(C(F)(F)F)c2)C1. The van der Waals surface area contributed by atoms with E-state index in [0.29, 0.717) is 24.9 Å². The summed E-state index contributed by atoms with van der Waals surface area (Å²) in [6, 6.07) is 5.08. The van der Waals surface area contributed by atoms with Gasteiger partial charge < -0.3 is 10.0 Å². The molecule has 2 aliphatic rings. The Hall–Kier alpha value is -2.05. The fourth-order valence-electron chi connectivity index (χ4n) is 3.18. The van der Waals surface area contributed by atoms with Crippen LogP contribution in [0.4, 0.5) is 13.2 Å². The molecular weight excluding hydrogens is 311 g/mol. The molecule has 1 heterocycles. The highest BCUT2D eigenvalue weighted by atomic mass is 19.4. The van der Waals surface area contributed by atoms with Crippen molar-refractivity contribution in [3.8, 4) is 0 Å². The van der Waals surface area contributed by atoms with E-state index in [1.54, 1.807) is 6.07 Å². The Morgan fingerprint density at radius 2 is 2.00 bits per heavy atom. The zero-order chi connectivity index (χ0) is 16.8. The Labute approximate surface area is 130 Å². The second-order valence-electron chi connectivity index (χ2n) is 6.18. The number of carbonyl (C=O) groups is 2. The number of nitrogens with zero attached hydrogens (tertiary/aromatic N) is 1. The van der Waals surface area contributed by atoms with E-state index in [9.17, 15) is 22.8 Å². The van der Waals surface area contributed by atoms with Crippen molar-refractivity contribution in [1.29, 1.82) is 0 Å². The van der Waals surface area contributed by atoms with Gasteiger partial charge in [0.15, 0.2) is 0 Å². The molecule has 0 bridgehead atoms. The van der Waals surface area contributed by atoms with Gasteiger partial charge in [0, 0.05) is 19.0 Å². The lowest BCUT2D eigenvalue weighted by Gasteiger charge is -2.16. The van der Waals surface area contributed by atoms with E-state index in [2.05, 4.69) is 0 Å². The molecule has 4 nitrogen and oxygen atoms in total. The van der Waals surface area contributed by atoms with Gasteiger partial charge >= 0.3 is 12.1 Å². The van der Waals surface area contributed by atoms with Gasteiger partial charge in [-0.3, -0.25) is 9.59 Å². The van der Waals surface area contributed by atoms with E-state index >= 15 is 0 Å². The highest BCUT2D eigenvalue weighted by Crippen LogP contribution is 2.49. The number of hydrogen-bond acceptors (Lipinski definition) is 2. The van der Waals surface area contributed by atoms with E-state index < -0.39 is 23.6 Å². The van der Waals surface area contributed by atoms with Gasteiger partial charge in [-0.05, 0) is 30.4 Å². The predicted molar refractivity (Wildman–Crippen MR) is 74.6 cm³/mol. The third kappa shape index (κ3) is 3.18. The number of benzene rings is 1. The minimum absolute atomic E-state index is 0.142. The van der Waals surface area contributed by atoms with Crippen LogP contribution in [0.2, 0.25) is 0 Å². The van der Waals surface area contributed by atoms with Crippen molar-refractivity contribution in [2.24, 2.45) is 11.8 Å². The van der Waals surface area contributed by atoms with Crippen LogP contribution in [0.3, 0.4) is 0 Å². The maximum absolute atomic E-state index is 12.7. The first-order valence-electron chi connectivity index (χ1n) is 7.46. The van der Waals surface area contributed by atoms with Crippen LogP contribution < -0.4 is 0 Å². The van der Waals surface area contributed by atoms with Crippen LogP contribution in [0.5, 0.6) is 0 Å². The van der Waals surface area contributed by atoms with Gasteiger partial charge in [0.2, 0.25) is 5.91 Å². The maximum atomic E-state index is 12.7. The van der Waals surface area contributed by atoms with E-state index in [1.165, 1.54) is 11.0 Å². The number of hydrogen-bond donors (Lipinski definition) is 1. The predicted octanol–water partition coefficient (Wildman–Crippen LogP) is 2.74. The first kappa shape index (κ1) is 15.8. The second kappa shape index (κ2) is 5.54. The summed E-state index contributed by atoms with van der Waals surface area (Å²) in [5, 5.41) is 8.96. The Morgan fingerprint density at radius 3 is 2.61 bits per heavy atom. The molecule has 7 heteroatoms. The monoisotopic (exact) mass is 327 g/mol. The summed E-state index contributed by atoms with van der Waals surface area (Å²) in [7, 11) is 0. The summed E-state index contributed by atoms with van der Waals surface area (Å²) in [6.07, 6.45) is -3.44. The van der Waals surface area contributed by atoms with Gasteiger partial charge in [-0.2, -0.15) is 13.2 Å². The Kier molecular flexibility index (Phi) is 3.82. The lowest BCUT2D eigenvalue weighted by Crippen LogP contribution is -2.31. The molecule has 1 saturated heterocycles. The first-order valence-corrected chi connectivity index (χ1v) is 7.46. The second-order valence-corrected chi connectivity index (χ2v) is 6.18. The highest BCUT2D eigenvalue weighted by molar-refractivity contribution is 5.84. The maximum Gasteiger partial charge on any atom is 0.416 e. The zero-order valence-corrected chi connectivity index (χ0v) is 12.2. The number of carboxylic acids is 1. The molecule has 1 aromatic carbocycles. The average molecular weight is 327 g/mol. The van der Waals surface area contributed by atoms with Gasteiger partial charge in [0.05, 0.1) is 11.5 Å². The molecule has 0 aromatic heterocycles. The molecule has 1 saturated carbocycles. The van der Waals surface area contributed by atoms with Crippen molar-refractivity contribution in [3.63, 3.8) is 0 Å². The normalized spacial score (nSPS) is 27.1. The van der Waals surface area contributed by atoms with Crippen molar-refractivity contribution in [1.82, 2.24) is 4.90 Å². The number of amides is 1. The molecule has 3 rings (SSSR count). The molecule has 124 valence electrons. The summed E-state index contributed by atoms with van der Waals surface area (Å²) in [4.78, 5) is 24.8. The number of aliphatic carboxylic acids is 1. The number of halogens is 3. The summed E-state index contributed by atoms with van der Waals surface area (Å²) in [6.45, 7) is 0.599. The van der Waals surface area contributed by atoms with Gasteiger partial charge in [-0.1, -0.05) is 18.2 Å². The Balaban J connectivity index is 1.66. The van der Waals surface area contributed by atoms with Crippen molar-refractivity contribution < 1.29 is 27.9 Å². The van der Waals surface area contributed by atoms with Crippen LogP contribution in [-0.2, 0) is 15.8 Å². The van der Waals surface area contributed by atoms with Gasteiger partial charge in [-0.15, -0.1) is 0 Å². The summed E-state index contributed by atoms with van der Waals surface area (Å²) in [5.41, 5.74) is -0.188. The standard InChI is InChI=1S/C16H16F3NO3/c17-16(18,19)11-3-1-2-9(6-11)12-7-13(12)14(21)20-5-4-10(8-20)15(22)23/h1-3,6,10,12-13H,4-5,7-8H2,(H,22,23)/t10-,12+,13-/m1/s1. The fourth-order valence-corrected chi connectivity index (χ4v) is 3.18. The van der Waals surface area contributed by atoms with Crippen molar-refractivity contribution >= 4 is 11.9 Å². The molecule has 0 spiro atoms. The highest BCUT2D eigenvalue weighted by Gasteiger charge is 2.47. The van der Waals surface area contributed by atoms with Gasteiger partial charge in [-0.25, -0.2) is 0 Å². The molecule has 23 heavy (non-hydrogen) atoms.